The normalized spacial score (nSPS) is 17.2. The van der Waals surface area contributed by atoms with Crippen LogP contribution in [0.3, 0.4) is 0 Å². The van der Waals surface area contributed by atoms with Gasteiger partial charge >= 0.3 is 0 Å². The summed E-state index contributed by atoms with van der Waals surface area (Å²) in [6.07, 6.45) is 3.84. The molecule has 4 rings (SSSR count). The van der Waals surface area contributed by atoms with E-state index in [1.54, 1.807) is 12.4 Å². The van der Waals surface area contributed by atoms with Crippen LogP contribution < -0.4 is 16.9 Å². The standard InChI is InChI=1S/C23H21N5O/c24-23(28-25)17-10-8-15(9-11-17)19-13-20(29)27-22(18-7-4-12-26-14-18)21(19)16-5-2-1-3-6-16/h1-12,14,19H,13,25H2,(H2,24,28)(H,27,29). The van der Waals surface area contributed by atoms with Crippen LogP contribution in [-0.4, -0.2) is 16.7 Å². The molecule has 5 N–H and O–H groups in total. The van der Waals surface area contributed by atoms with Gasteiger partial charge < -0.3 is 16.9 Å². The first-order valence-corrected chi connectivity index (χ1v) is 9.31. The van der Waals surface area contributed by atoms with Crippen molar-refractivity contribution in [3.63, 3.8) is 0 Å². The lowest BCUT2D eigenvalue weighted by molar-refractivity contribution is -0.120. The molecule has 2 heterocycles. The number of pyridine rings is 1. The second-order valence-corrected chi connectivity index (χ2v) is 6.84. The number of allylic oxidation sites excluding steroid dienone is 1. The van der Waals surface area contributed by atoms with Crippen LogP contribution in [0.4, 0.5) is 0 Å². The van der Waals surface area contributed by atoms with Crippen LogP contribution in [0, 0.1) is 0 Å². The molecule has 2 aromatic carbocycles. The first-order valence-electron chi connectivity index (χ1n) is 9.31. The number of carbonyl (C=O) groups excluding carboxylic acids is 1. The predicted molar refractivity (Wildman–Crippen MR) is 114 cm³/mol. The minimum Gasteiger partial charge on any atom is -0.382 e. The number of aromatic nitrogens is 1. The number of nitrogens with zero attached hydrogens (tertiary/aromatic N) is 2. The quantitative estimate of drug-likeness (QED) is 0.279. The summed E-state index contributed by atoms with van der Waals surface area (Å²) in [5, 5.41) is 6.61. The maximum absolute atomic E-state index is 12.6. The van der Waals surface area contributed by atoms with Gasteiger partial charge in [-0.1, -0.05) is 54.6 Å². The zero-order chi connectivity index (χ0) is 20.2. The van der Waals surface area contributed by atoms with Crippen LogP contribution in [0.1, 0.15) is 34.6 Å². The molecule has 0 saturated heterocycles. The van der Waals surface area contributed by atoms with E-state index in [1.165, 1.54) is 0 Å². The number of nitrogens with two attached hydrogens (primary N) is 2. The van der Waals surface area contributed by atoms with E-state index in [2.05, 4.69) is 27.5 Å². The van der Waals surface area contributed by atoms with Crippen LogP contribution in [0.2, 0.25) is 0 Å². The lowest BCUT2D eigenvalue weighted by Gasteiger charge is -2.30. The average Bonchev–Trinajstić information content (AvgIpc) is 2.79. The fourth-order valence-electron chi connectivity index (χ4n) is 3.67. The van der Waals surface area contributed by atoms with E-state index in [0.717, 1.165) is 33.5 Å². The van der Waals surface area contributed by atoms with Crippen LogP contribution in [-0.2, 0) is 4.79 Å². The Morgan fingerprint density at radius 2 is 1.72 bits per heavy atom. The van der Waals surface area contributed by atoms with Crippen molar-refractivity contribution in [1.29, 1.82) is 0 Å². The number of carbonyl (C=O) groups is 1. The van der Waals surface area contributed by atoms with Crippen LogP contribution in [0.15, 0.2) is 84.2 Å². The molecule has 0 radical (unpaired) electrons. The van der Waals surface area contributed by atoms with E-state index in [0.29, 0.717) is 6.42 Å². The highest BCUT2D eigenvalue weighted by atomic mass is 16.1. The maximum atomic E-state index is 12.6. The van der Waals surface area contributed by atoms with Gasteiger partial charge in [0.25, 0.3) is 0 Å². The van der Waals surface area contributed by atoms with Crippen LogP contribution >= 0.6 is 0 Å². The zero-order valence-corrected chi connectivity index (χ0v) is 15.7. The summed E-state index contributed by atoms with van der Waals surface area (Å²) in [6.45, 7) is 0. The van der Waals surface area contributed by atoms with Crippen molar-refractivity contribution in [3.05, 3.63) is 101 Å². The number of hydrogen-bond acceptors (Lipinski definition) is 4. The smallest absolute Gasteiger partial charge is 0.225 e. The van der Waals surface area contributed by atoms with Gasteiger partial charge in [-0.3, -0.25) is 9.78 Å². The Morgan fingerprint density at radius 3 is 2.38 bits per heavy atom. The summed E-state index contributed by atoms with van der Waals surface area (Å²) in [5.74, 6) is 5.42. The van der Waals surface area contributed by atoms with Gasteiger partial charge in [0, 0.05) is 35.9 Å². The molecular formula is C23H21N5O. The SMILES string of the molecule is NN=C(N)c1ccc(C2CC(=O)NC(c3cccnc3)=C2c2ccccc2)cc1. The number of amides is 1. The van der Waals surface area contributed by atoms with Crippen molar-refractivity contribution in [2.75, 3.05) is 0 Å². The second-order valence-electron chi connectivity index (χ2n) is 6.84. The van der Waals surface area contributed by atoms with Crippen molar-refractivity contribution < 1.29 is 4.79 Å². The van der Waals surface area contributed by atoms with Gasteiger partial charge in [0.15, 0.2) is 0 Å². The fraction of sp³-hybridized carbons (Fsp3) is 0.0870. The van der Waals surface area contributed by atoms with Gasteiger partial charge in [-0.25, -0.2) is 0 Å². The predicted octanol–water partition coefficient (Wildman–Crippen LogP) is 2.83. The number of benzene rings is 2. The van der Waals surface area contributed by atoms with E-state index < -0.39 is 0 Å². The van der Waals surface area contributed by atoms with Crippen molar-refractivity contribution >= 4 is 23.0 Å². The van der Waals surface area contributed by atoms with Crippen LogP contribution in [0.25, 0.3) is 11.3 Å². The topological polar surface area (TPSA) is 106 Å². The Morgan fingerprint density at radius 1 is 1.00 bits per heavy atom. The summed E-state index contributed by atoms with van der Waals surface area (Å²) >= 11 is 0. The molecule has 0 bridgehead atoms. The van der Waals surface area contributed by atoms with E-state index >= 15 is 0 Å². The molecule has 6 heteroatoms. The largest absolute Gasteiger partial charge is 0.382 e. The minimum atomic E-state index is -0.105. The molecule has 1 atom stereocenters. The molecule has 0 fully saturated rings. The number of amidine groups is 1. The Hall–Kier alpha value is -3.93. The third kappa shape index (κ3) is 3.73. The summed E-state index contributed by atoms with van der Waals surface area (Å²) in [6, 6.07) is 21.6. The highest BCUT2D eigenvalue weighted by Gasteiger charge is 2.30. The number of rotatable bonds is 4. The molecule has 1 aliphatic heterocycles. The average molecular weight is 383 g/mol. The third-order valence-corrected chi connectivity index (χ3v) is 5.05. The molecular weight excluding hydrogens is 362 g/mol. The zero-order valence-electron chi connectivity index (χ0n) is 15.7. The molecule has 1 unspecified atom stereocenters. The molecule has 144 valence electrons. The van der Waals surface area contributed by atoms with E-state index in [9.17, 15) is 4.79 Å². The molecule has 29 heavy (non-hydrogen) atoms. The molecule has 1 aromatic heterocycles. The molecule has 1 aliphatic rings. The lowest BCUT2D eigenvalue weighted by Crippen LogP contribution is -2.31. The highest BCUT2D eigenvalue weighted by Crippen LogP contribution is 2.41. The number of nitrogens with one attached hydrogen (secondary N) is 1. The summed E-state index contributed by atoms with van der Waals surface area (Å²) in [5.41, 5.74) is 11.4. The third-order valence-electron chi connectivity index (χ3n) is 5.05. The minimum absolute atomic E-state index is 0.0272. The number of hydrogen-bond donors (Lipinski definition) is 3. The van der Waals surface area contributed by atoms with Crippen LogP contribution in [0.5, 0.6) is 0 Å². The summed E-state index contributed by atoms with van der Waals surface area (Å²) in [4.78, 5) is 16.8. The van der Waals surface area contributed by atoms with Crippen molar-refractivity contribution in [3.8, 4) is 0 Å². The van der Waals surface area contributed by atoms with Crippen molar-refractivity contribution in [2.24, 2.45) is 16.7 Å². The van der Waals surface area contributed by atoms with Gasteiger partial charge in [-0.05, 0) is 28.8 Å². The molecule has 3 aromatic rings. The van der Waals surface area contributed by atoms with Crippen molar-refractivity contribution in [1.82, 2.24) is 10.3 Å². The number of hydrazone groups is 1. The monoisotopic (exact) mass is 383 g/mol. The molecule has 0 spiro atoms. The Bertz CT molecular complexity index is 1070. The molecule has 6 nitrogen and oxygen atoms in total. The summed E-state index contributed by atoms with van der Waals surface area (Å²) in [7, 11) is 0. The molecule has 0 saturated carbocycles. The van der Waals surface area contributed by atoms with Gasteiger partial charge in [0.05, 0.1) is 5.70 Å². The Kier molecular flexibility index (Phi) is 5.07. The van der Waals surface area contributed by atoms with Gasteiger partial charge in [0.1, 0.15) is 5.84 Å². The van der Waals surface area contributed by atoms with Gasteiger partial charge in [-0.2, -0.15) is 5.10 Å². The van der Waals surface area contributed by atoms with Crippen molar-refractivity contribution in [2.45, 2.75) is 12.3 Å². The molecule has 1 amide bonds. The van der Waals surface area contributed by atoms with E-state index in [1.807, 2.05) is 54.6 Å². The summed E-state index contributed by atoms with van der Waals surface area (Å²) < 4.78 is 0. The fourth-order valence-corrected chi connectivity index (χ4v) is 3.67. The molecule has 0 aliphatic carbocycles. The van der Waals surface area contributed by atoms with E-state index in [4.69, 9.17) is 11.6 Å². The Balaban J connectivity index is 1.88. The van der Waals surface area contributed by atoms with Gasteiger partial charge in [0.2, 0.25) is 5.91 Å². The maximum Gasteiger partial charge on any atom is 0.225 e. The highest BCUT2D eigenvalue weighted by molar-refractivity contribution is 6.04. The second kappa shape index (κ2) is 7.98. The first-order chi connectivity index (χ1) is 14.2. The van der Waals surface area contributed by atoms with E-state index in [-0.39, 0.29) is 17.7 Å². The Labute approximate surface area is 169 Å². The first kappa shape index (κ1) is 18.4. The lowest BCUT2D eigenvalue weighted by atomic mass is 9.79. The van der Waals surface area contributed by atoms with Gasteiger partial charge in [-0.15, -0.1) is 0 Å².